The van der Waals surface area contributed by atoms with Gasteiger partial charge in [-0.1, -0.05) is 15.9 Å². The number of hydrogen-bond donors (Lipinski definition) is 0. The highest BCUT2D eigenvalue weighted by Crippen LogP contribution is 2.32. The number of nitrogens with zero attached hydrogens (tertiary/aromatic N) is 1. The zero-order chi connectivity index (χ0) is 9.47. The van der Waals surface area contributed by atoms with Crippen LogP contribution in [-0.2, 0) is 10.0 Å². The van der Waals surface area contributed by atoms with Gasteiger partial charge in [-0.2, -0.15) is 0 Å². The quantitative estimate of drug-likeness (QED) is 0.721. The van der Waals surface area contributed by atoms with Gasteiger partial charge in [0.05, 0.1) is 5.75 Å². The third kappa shape index (κ3) is 2.44. The molecule has 13 heavy (non-hydrogen) atoms. The molecule has 3 nitrogen and oxygen atoms in total. The van der Waals surface area contributed by atoms with E-state index in [1.54, 1.807) is 4.31 Å². The van der Waals surface area contributed by atoms with Gasteiger partial charge in [-0.3, -0.25) is 0 Å². The molecule has 0 amide bonds. The molecule has 5 heteroatoms. The van der Waals surface area contributed by atoms with E-state index in [9.17, 15) is 8.42 Å². The van der Waals surface area contributed by atoms with Gasteiger partial charge < -0.3 is 0 Å². The SMILES string of the molecule is O=S(=O)(CC1CC1)N1CCC(Br)C1. The van der Waals surface area contributed by atoms with Crippen molar-refractivity contribution in [1.29, 1.82) is 0 Å². The van der Waals surface area contributed by atoms with Crippen molar-refractivity contribution in [3.63, 3.8) is 0 Å². The molecule has 0 bridgehead atoms. The molecule has 0 radical (unpaired) electrons. The van der Waals surface area contributed by atoms with E-state index in [4.69, 9.17) is 0 Å². The number of hydrogen-bond acceptors (Lipinski definition) is 2. The smallest absolute Gasteiger partial charge is 0.212 e. The predicted molar refractivity (Wildman–Crippen MR) is 55.4 cm³/mol. The molecule has 0 aromatic heterocycles. The molecule has 2 fully saturated rings. The molecule has 76 valence electrons. The van der Waals surface area contributed by atoms with Crippen LogP contribution in [-0.4, -0.2) is 36.4 Å². The Morgan fingerprint density at radius 1 is 1.31 bits per heavy atom. The molecule has 0 aromatic carbocycles. The van der Waals surface area contributed by atoms with Gasteiger partial charge in [-0.05, 0) is 25.2 Å². The summed E-state index contributed by atoms with van der Waals surface area (Å²) in [6, 6.07) is 0. The van der Waals surface area contributed by atoms with E-state index >= 15 is 0 Å². The van der Waals surface area contributed by atoms with E-state index in [-0.39, 0.29) is 0 Å². The number of sulfonamides is 1. The highest BCUT2D eigenvalue weighted by molar-refractivity contribution is 9.09. The molecule has 0 N–H and O–H groups in total. The summed E-state index contributed by atoms with van der Waals surface area (Å²) >= 11 is 3.45. The second-order valence-electron chi connectivity index (χ2n) is 3.97. The molecule has 1 aliphatic carbocycles. The summed E-state index contributed by atoms with van der Waals surface area (Å²) in [7, 11) is -2.93. The highest BCUT2D eigenvalue weighted by atomic mass is 79.9. The van der Waals surface area contributed by atoms with Crippen molar-refractivity contribution in [2.45, 2.75) is 24.1 Å². The Hall–Kier alpha value is 0.390. The Morgan fingerprint density at radius 3 is 2.46 bits per heavy atom. The first-order chi connectivity index (χ1) is 6.08. The van der Waals surface area contributed by atoms with Crippen LogP contribution in [0, 0.1) is 5.92 Å². The summed E-state index contributed by atoms with van der Waals surface area (Å²) in [5, 5.41) is 0. The van der Waals surface area contributed by atoms with Gasteiger partial charge >= 0.3 is 0 Å². The molecule has 1 saturated carbocycles. The molecular weight excluding hydrogens is 254 g/mol. The van der Waals surface area contributed by atoms with Crippen molar-refractivity contribution in [3.05, 3.63) is 0 Å². The topological polar surface area (TPSA) is 37.4 Å². The maximum absolute atomic E-state index is 11.7. The van der Waals surface area contributed by atoms with Crippen LogP contribution < -0.4 is 0 Å². The monoisotopic (exact) mass is 267 g/mol. The predicted octanol–water partition coefficient (Wildman–Crippen LogP) is 1.20. The van der Waals surface area contributed by atoms with Gasteiger partial charge in [-0.15, -0.1) is 0 Å². The molecule has 0 aromatic rings. The minimum Gasteiger partial charge on any atom is -0.212 e. The molecule has 0 spiro atoms. The molecule has 1 aliphatic heterocycles. The lowest BCUT2D eigenvalue weighted by Gasteiger charge is -2.14. The Bertz CT molecular complexity index is 287. The Morgan fingerprint density at radius 2 is 2.00 bits per heavy atom. The van der Waals surface area contributed by atoms with Gasteiger partial charge in [0.1, 0.15) is 0 Å². The van der Waals surface area contributed by atoms with Crippen molar-refractivity contribution in [3.8, 4) is 0 Å². The van der Waals surface area contributed by atoms with E-state index < -0.39 is 10.0 Å². The molecular formula is C8H14BrNO2S. The van der Waals surface area contributed by atoms with E-state index in [1.807, 2.05) is 0 Å². The number of rotatable bonds is 3. The minimum atomic E-state index is -2.93. The van der Waals surface area contributed by atoms with Gasteiger partial charge in [0.25, 0.3) is 0 Å². The third-order valence-corrected chi connectivity index (χ3v) is 5.39. The maximum Gasteiger partial charge on any atom is 0.214 e. The maximum atomic E-state index is 11.7. The molecule has 1 atom stereocenters. The summed E-state index contributed by atoms with van der Waals surface area (Å²) in [5.41, 5.74) is 0. The van der Waals surface area contributed by atoms with Crippen molar-refractivity contribution in [1.82, 2.24) is 4.31 Å². The Labute approximate surface area is 87.7 Å². The Balaban J connectivity index is 1.97. The first-order valence-corrected chi connectivity index (χ1v) is 7.22. The largest absolute Gasteiger partial charge is 0.214 e. The first-order valence-electron chi connectivity index (χ1n) is 4.70. The summed E-state index contributed by atoms with van der Waals surface area (Å²) in [4.78, 5) is 0.362. The molecule has 2 aliphatic rings. The van der Waals surface area contributed by atoms with Crippen LogP contribution in [0.15, 0.2) is 0 Å². The summed E-state index contributed by atoms with van der Waals surface area (Å²) in [5.74, 6) is 0.839. The average molecular weight is 268 g/mol. The van der Waals surface area contributed by atoms with E-state index in [1.165, 1.54) is 0 Å². The standard InChI is InChI=1S/C8H14BrNO2S/c9-8-3-4-10(5-8)13(11,12)6-7-1-2-7/h7-8H,1-6H2. The van der Waals surface area contributed by atoms with Gasteiger partial charge in [0, 0.05) is 17.9 Å². The first kappa shape index (κ1) is 9.93. The van der Waals surface area contributed by atoms with Crippen LogP contribution in [0.4, 0.5) is 0 Å². The summed E-state index contributed by atoms with van der Waals surface area (Å²) in [6.45, 7) is 1.36. The lowest BCUT2D eigenvalue weighted by atomic mass is 10.4. The summed E-state index contributed by atoms with van der Waals surface area (Å²) < 4.78 is 25.1. The molecule has 1 unspecified atom stereocenters. The third-order valence-electron chi connectivity index (χ3n) is 2.63. The van der Waals surface area contributed by atoms with Crippen LogP contribution in [0.2, 0.25) is 0 Å². The number of halogens is 1. The van der Waals surface area contributed by atoms with Gasteiger partial charge in [-0.25, -0.2) is 12.7 Å². The van der Waals surface area contributed by atoms with Crippen molar-refractivity contribution in [2.75, 3.05) is 18.8 Å². The zero-order valence-corrected chi connectivity index (χ0v) is 9.85. The van der Waals surface area contributed by atoms with E-state index in [0.29, 0.717) is 29.6 Å². The second-order valence-corrected chi connectivity index (χ2v) is 7.27. The van der Waals surface area contributed by atoms with Crippen LogP contribution in [0.25, 0.3) is 0 Å². The fourth-order valence-corrected chi connectivity index (χ4v) is 4.30. The average Bonchev–Trinajstić information content (AvgIpc) is 2.70. The molecule has 1 saturated heterocycles. The second kappa shape index (κ2) is 3.51. The van der Waals surface area contributed by atoms with Gasteiger partial charge in [0.15, 0.2) is 0 Å². The number of alkyl halides is 1. The van der Waals surface area contributed by atoms with Crippen molar-refractivity contribution < 1.29 is 8.42 Å². The van der Waals surface area contributed by atoms with Crippen LogP contribution >= 0.6 is 15.9 Å². The van der Waals surface area contributed by atoms with E-state index in [2.05, 4.69) is 15.9 Å². The van der Waals surface area contributed by atoms with Crippen molar-refractivity contribution >= 4 is 26.0 Å². The molecule has 1 heterocycles. The van der Waals surface area contributed by atoms with E-state index in [0.717, 1.165) is 19.3 Å². The zero-order valence-electron chi connectivity index (χ0n) is 7.45. The van der Waals surface area contributed by atoms with Crippen molar-refractivity contribution in [2.24, 2.45) is 5.92 Å². The highest BCUT2D eigenvalue weighted by Gasteiger charge is 2.35. The fourth-order valence-electron chi connectivity index (χ4n) is 1.63. The lowest BCUT2D eigenvalue weighted by Crippen LogP contribution is -2.31. The Kier molecular flexibility index (Phi) is 2.68. The van der Waals surface area contributed by atoms with Crippen LogP contribution in [0.3, 0.4) is 0 Å². The molecule has 2 rings (SSSR count). The normalized spacial score (nSPS) is 31.0. The summed E-state index contributed by atoms with van der Waals surface area (Å²) in [6.07, 6.45) is 3.15. The van der Waals surface area contributed by atoms with Crippen LogP contribution in [0.1, 0.15) is 19.3 Å². The minimum absolute atomic E-state index is 0.362. The fraction of sp³-hybridized carbons (Fsp3) is 1.00. The van der Waals surface area contributed by atoms with Crippen LogP contribution in [0.5, 0.6) is 0 Å². The lowest BCUT2D eigenvalue weighted by molar-refractivity contribution is 0.476. The van der Waals surface area contributed by atoms with Gasteiger partial charge in [0.2, 0.25) is 10.0 Å².